The number of amides is 1. The molecule has 0 spiro atoms. The van der Waals surface area contributed by atoms with Gasteiger partial charge in [-0.25, -0.2) is 9.79 Å². The number of likely N-dealkylation sites (tertiary alicyclic amines) is 1. The molecule has 0 saturated carbocycles. The third kappa shape index (κ3) is 4.09. The number of thioether (sulfide) groups is 1. The molecule has 0 aromatic heterocycles. The molecule has 7 nitrogen and oxygen atoms in total. The molecular weight excluding hydrogens is 402 g/mol. The minimum Gasteiger partial charge on any atom is -0.484 e. The van der Waals surface area contributed by atoms with Gasteiger partial charge < -0.3 is 19.3 Å². The van der Waals surface area contributed by atoms with Crippen LogP contribution in [0.15, 0.2) is 52.1 Å². The van der Waals surface area contributed by atoms with Crippen molar-refractivity contribution in [3.63, 3.8) is 0 Å². The average molecular weight is 428 g/mol. The van der Waals surface area contributed by atoms with Gasteiger partial charge in [0.1, 0.15) is 5.75 Å². The maximum absolute atomic E-state index is 12.7. The van der Waals surface area contributed by atoms with E-state index in [4.69, 9.17) is 9.47 Å². The van der Waals surface area contributed by atoms with E-state index in [-0.39, 0.29) is 24.5 Å². The van der Waals surface area contributed by atoms with Crippen molar-refractivity contribution in [2.75, 3.05) is 26.3 Å². The molecule has 0 N–H and O–H groups in total. The summed E-state index contributed by atoms with van der Waals surface area (Å²) in [6, 6.07) is 7.20. The van der Waals surface area contributed by atoms with E-state index in [9.17, 15) is 9.59 Å². The van der Waals surface area contributed by atoms with Crippen molar-refractivity contribution in [3.05, 3.63) is 52.7 Å². The van der Waals surface area contributed by atoms with Crippen LogP contribution in [0.5, 0.6) is 5.75 Å². The summed E-state index contributed by atoms with van der Waals surface area (Å²) in [7, 11) is 0. The zero-order valence-corrected chi connectivity index (χ0v) is 18.0. The van der Waals surface area contributed by atoms with Crippen LogP contribution in [0.3, 0.4) is 0 Å². The van der Waals surface area contributed by atoms with Crippen LogP contribution in [0.2, 0.25) is 0 Å². The van der Waals surface area contributed by atoms with Crippen molar-refractivity contribution >= 4 is 28.8 Å². The van der Waals surface area contributed by atoms with Gasteiger partial charge in [0.05, 0.1) is 23.9 Å². The zero-order chi connectivity index (χ0) is 21.1. The lowest BCUT2D eigenvalue weighted by molar-refractivity contribution is -0.139. The molecule has 1 fully saturated rings. The fourth-order valence-electron chi connectivity index (χ4n) is 3.85. The van der Waals surface area contributed by atoms with E-state index in [0.717, 1.165) is 36.7 Å². The SMILES string of the molecule is CCOC(=O)C1=C(C)N=C2SC=CN2[C@H]1c1ccc(OCC(=O)N2CCCC2)cc1. The van der Waals surface area contributed by atoms with Gasteiger partial charge in [-0.15, -0.1) is 0 Å². The highest BCUT2D eigenvalue weighted by Gasteiger charge is 2.37. The van der Waals surface area contributed by atoms with Crippen molar-refractivity contribution in [2.45, 2.75) is 32.7 Å². The Morgan fingerprint density at radius 2 is 1.93 bits per heavy atom. The van der Waals surface area contributed by atoms with Crippen LogP contribution in [-0.4, -0.2) is 53.1 Å². The van der Waals surface area contributed by atoms with E-state index in [0.29, 0.717) is 23.6 Å². The maximum atomic E-state index is 12.7. The molecular formula is C22H25N3O4S. The van der Waals surface area contributed by atoms with Gasteiger partial charge in [-0.3, -0.25) is 4.79 Å². The fraction of sp³-hybridized carbons (Fsp3) is 0.409. The number of hydrogen-bond donors (Lipinski definition) is 0. The molecule has 4 rings (SSSR count). The molecule has 8 heteroatoms. The van der Waals surface area contributed by atoms with Gasteiger partial charge in [0.15, 0.2) is 11.8 Å². The molecule has 3 heterocycles. The Labute approximate surface area is 180 Å². The Morgan fingerprint density at radius 1 is 1.20 bits per heavy atom. The summed E-state index contributed by atoms with van der Waals surface area (Å²) >= 11 is 1.52. The number of ether oxygens (including phenoxy) is 2. The molecule has 30 heavy (non-hydrogen) atoms. The Morgan fingerprint density at radius 3 is 2.63 bits per heavy atom. The van der Waals surface area contributed by atoms with E-state index >= 15 is 0 Å². The molecule has 0 unspecified atom stereocenters. The Balaban J connectivity index is 1.52. The van der Waals surface area contributed by atoms with Crippen LogP contribution in [0, 0.1) is 0 Å². The van der Waals surface area contributed by atoms with Gasteiger partial charge in [-0.05, 0) is 49.8 Å². The number of allylic oxidation sites excluding steroid dienone is 1. The first-order valence-electron chi connectivity index (χ1n) is 10.2. The number of fused-ring (bicyclic) bond motifs is 1. The van der Waals surface area contributed by atoms with Crippen molar-refractivity contribution in [3.8, 4) is 5.75 Å². The van der Waals surface area contributed by atoms with E-state index in [1.807, 2.05) is 52.6 Å². The second-order valence-electron chi connectivity index (χ2n) is 7.27. The second-order valence-corrected chi connectivity index (χ2v) is 8.15. The molecule has 3 aliphatic heterocycles. The predicted octanol–water partition coefficient (Wildman–Crippen LogP) is 3.46. The summed E-state index contributed by atoms with van der Waals surface area (Å²) in [5, 5.41) is 2.79. The topological polar surface area (TPSA) is 71.4 Å². The van der Waals surface area contributed by atoms with Crippen molar-refractivity contribution in [1.29, 1.82) is 0 Å². The largest absolute Gasteiger partial charge is 0.484 e. The summed E-state index contributed by atoms with van der Waals surface area (Å²) in [6.07, 6.45) is 4.05. The van der Waals surface area contributed by atoms with Gasteiger partial charge in [-0.1, -0.05) is 23.9 Å². The van der Waals surface area contributed by atoms with Crippen LogP contribution >= 0.6 is 11.8 Å². The normalized spacial score (nSPS) is 20.3. The number of aliphatic imine (C=N–C) groups is 1. The van der Waals surface area contributed by atoms with Crippen molar-refractivity contribution in [2.24, 2.45) is 4.99 Å². The highest BCUT2D eigenvalue weighted by atomic mass is 32.2. The average Bonchev–Trinajstić information content (AvgIpc) is 3.43. The third-order valence-electron chi connectivity index (χ3n) is 5.33. The Kier molecular flexibility index (Phi) is 6.13. The molecule has 3 aliphatic rings. The number of hydrogen-bond acceptors (Lipinski definition) is 7. The summed E-state index contributed by atoms with van der Waals surface area (Å²) in [5.41, 5.74) is 2.12. The van der Waals surface area contributed by atoms with Crippen LogP contribution in [0.25, 0.3) is 0 Å². The van der Waals surface area contributed by atoms with E-state index in [1.165, 1.54) is 11.8 Å². The van der Waals surface area contributed by atoms with E-state index < -0.39 is 0 Å². The van der Waals surface area contributed by atoms with E-state index in [1.54, 1.807) is 6.92 Å². The lowest BCUT2D eigenvalue weighted by Crippen LogP contribution is -2.34. The number of rotatable bonds is 6. The first kappa shape index (κ1) is 20.5. The summed E-state index contributed by atoms with van der Waals surface area (Å²) in [6.45, 7) is 5.61. The van der Waals surface area contributed by atoms with Crippen LogP contribution < -0.4 is 4.74 Å². The van der Waals surface area contributed by atoms with Gasteiger partial charge in [-0.2, -0.15) is 0 Å². The van der Waals surface area contributed by atoms with Crippen LogP contribution in [0.1, 0.15) is 38.3 Å². The fourth-order valence-corrected chi connectivity index (χ4v) is 4.64. The van der Waals surface area contributed by atoms with Crippen LogP contribution in [0.4, 0.5) is 0 Å². The molecule has 1 aromatic rings. The molecule has 0 aliphatic carbocycles. The third-order valence-corrected chi connectivity index (χ3v) is 6.10. The molecule has 1 amide bonds. The number of carbonyl (C=O) groups excluding carboxylic acids is 2. The maximum Gasteiger partial charge on any atom is 0.338 e. The van der Waals surface area contributed by atoms with E-state index in [2.05, 4.69) is 4.99 Å². The molecule has 0 bridgehead atoms. The van der Waals surface area contributed by atoms with Gasteiger partial charge in [0, 0.05) is 19.3 Å². The highest BCUT2D eigenvalue weighted by molar-refractivity contribution is 8.16. The second kappa shape index (κ2) is 8.95. The summed E-state index contributed by atoms with van der Waals surface area (Å²) in [4.78, 5) is 33.3. The number of esters is 1. The van der Waals surface area contributed by atoms with Crippen molar-refractivity contribution < 1.29 is 19.1 Å². The predicted molar refractivity (Wildman–Crippen MR) is 116 cm³/mol. The quantitative estimate of drug-likeness (QED) is 0.648. The minimum absolute atomic E-state index is 0.0205. The summed E-state index contributed by atoms with van der Waals surface area (Å²) < 4.78 is 11.0. The van der Waals surface area contributed by atoms with Crippen LogP contribution in [-0.2, 0) is 14.3 Å². The molecule has 1 aromatic carbocycles. The molecule has 1 atom stereocenters. The number of amidine groups is 1. The smallest absolute Gasteiger partial charge is 0.338 e. The lowest BCUT2D eigenvalue weighted by Gasteiger charge is -2.33. The number of carbonyl (C=O) groups is 2. The van der Waals surface area contributed by atoms with Crippen molar-refractivity contribution in [1.82, 2.24) is 9.80 Å². The summed E-state index contributed by atoms with van der Waals surface area (Å²) in [5.74, 6) is 0.289. The molecule has 0 radical (unpaired) electrons. The standard InChI is InChI=1S/C22H25N3O4S/c1-3-28-21(27)19-15(2)23-22-25(12-13-30-22)20(19)16-6-8-17(9-7-16)29-14-18(26)24-10-4-5-11-24/h6-9,12-13,20H,3-5,10-11,14H2,1-2H3/t20-/m0/s1. The van der Waals surface area contributed by atoms with Gasteiger partial charge >= 0.3 is 5.97 Å². The lowest BCUT2D eigenvalue weighted by atomic mass is 9.95. The Bertz CT molecular complexity index is 917. The highest BCUT2D eigenvalue weighted by Crippen LogP contribution is 2.41. The first-order chi connectivity index (χ1) is 14.6. The molecule has 1 saturated heterocycles. The molecule has 158 valence electrons. The zero-order valence-electron chi connectivity index (χ0n) is 17.2. The number of nitrogens with zero attached hydrogens (tertiary/aromatic N) is 3. The minimum atomic E-state index is -0.357. The Hall–Kier alpha value is -2.74. The monoisotopic (exact) mass is 427 g/mol. The first-order valence-corrected chi connectivity index (χ1v) is 11.0. The number of benzene rings is 1. The van der Waals surface area contributed by atoms with Gasteiger partial charge in [0.2, 0.25) is 0 Å². The van der Waals surface area contributed by atoms with Gasteiger partial charge in [0.25, 0.3) is 5.91 Å².